The van der Waals surface area contributed by atoms with Gasteiger partial charge in [0.25, 0.3) is 0 Å². The van der Waals surface area contributed by atoms with E-state index >= 15 is 0 Å². The van der Waals surface area contributed by atoms with E-state index in [4.69, 9.17) is 4.74 Å². The fourth-order valence-electron chi connectivity index (χ4n) is 3.08. The Morgan fingerprint density at radius 1 is 1.11 bits per heavy atom. The summed E-state index contributed by atoms with van der Waals surface area (Å²) in [4.78, 5) is 20.2. The monoisotopic (exact) mass is 391 g/mol. The number of carbonyl (C=O) groups excluding carboxylic acids is 1. The summed E-state index contributed by atoms with van der Waals surface area (Å²) in [5.41, 5.74) is 0.287. The first-order valence-electron chi connectivity index (χ1n) is 8.83. The van der Waals surface area contributed by atoms with Gasteiger partial charge < -0.3 is 14.5 Å². The number of benzene rings is 1. The van der Waals surface area contributed by atoms with E-state index in [1.807, 2.05) is 25.7 Å². The van der Waals surface area contributed by atoms with Gasteiger partial charge in [0.1, 0.15) is 5.60 Å². The number of hydrogen-bond donors (Lipinski definition) is 0. The maximum absolute atomic E-state index is 13.7. The maximum atomic E-state index is 13.7. The first-order valence-corrected chi connectivity index (χ1v) is 8.83. The summed E-state index contributed by atoms with van der Waals surface area (Å²) >= 11 is 0. The van der Waals surface area contributed by atoms with Gasteiger partial charge in [-0.2, -0.15) is 4.52 Å². The van der Waals surface area contributed by atoms with Crippen molar-refractivity contribution in [1.82, 2.24) is 29.9 Å². The highest BCUT2D eigenvalue weighted by Gasteiger charge is 2.28. The SMILES string of the molecule is CC(C)(C)OC(=O)N1CCN(c2nc3cc(F)c(F)cc3n3nnnc23)CC1. The second kappa shape index (κ2) is 6.50. The summed E-state index contributed by atoms with van der Waals surface area (Å²) < 4.78 is 34.0. The lowest BCUT2D eigenvalue weighted by Crippen LogP contribution is -2.50. The molecule has 3 heterocycles. The van der Waals surface area contributed by atoms with Crippen molar-refractivity contribution in [2.24, 2.45) is 0 Å². The topological polar surface area (TPSA) is 88.8 Å². The molecule has 0 N–H and O–H groups in total. The molecule has 1 amide bonds. The van der Waals surface area contributed by atoms with Crippen LogP contribution in [-0.2, 0) is 4.74 Å². The average Bonchev–Trinajstić information content (AvgIpc) is 3.11. The number of tetrazole rings is 1. The van der Waals surface area contributed by atoms with E-state index < -0.39 is 17.2 Å². The molecule has 11 heteroatoms. The van der Waals surface area contributed by atoms with Gasteiger partial charge in [-0.1, -0.05) is 0 Å². The molecule has 1 aromatic carbocycles. The zero-order valence-electron chi connectivity index (χ0n) is 15.7. The van der Waals surface area contributed by atoms with E-state index in [9.17, 15) is 13.6 Å². The molecule has 1 saturated heterocycles. The summed E-state index contributed by atoms with van der Waals surface area (Å²) in [7, 11) is 0. The van der Waals surface area contributed by atoms with Gasteiger partial charge in [0.05, 0.1) is 11.0 Å². The Bertz CT molecular complexity index is 1060. The summed E-state index contributed by atoms with van der Waals surface area (Å²) in [5.74, 6) is -1.54. The number of carbonyl (C=O) groups is 1. The third kappa shape index (κ3) is 3.27. The van der Waals surface area contributed by atoms with E-state index in [0.717, 1.165) is 12.1 Å². The number of anilines is 1. The van der Waals surface area contributed by atoms with Gasteiger partial charge in [-0.25, -0.2) is 18.6 Å². The van der Waals surface area contributed by atoms with Crippen molar-refractivity contribution in [1.29, 1.82) is 0 Å². The van der Waals surface area contributed by atoms with Gasteiger partial charge in [0.2, 0.25) is 5.65 Å². The third-order valence-electron chi connectivity index (χ3n) is 4.37. The fourth-order valence-corrected chi connectivity index (χ4v) is 3.08. The Hall–Kier alpha value is -3.11. The second-order valence-electron chi connectivity index (χ2n) is 7.56. The van der Waals surface area contributed by atoms with Crippen LogP contribution in [0.1, 0.15) is 20.8 Å². The molecule has 0 unspecified atom stereocenters. The first-order chi connectivity index (χ1) is 13.2. The minimum absolute atomic E-state index is 0.239. The Balaban J connectivity index is 1.62. The Kier molecular flexibility index (Phi) is 4.24. The van der Waals surface area contributed by atoms with Crippen LogP contribution in [0.2, 0.25) is 0 Å². The van der Waals surface area contributed by atoms with Crippen molar-refractivity contribution < 1.29 is 18.3 Å². The third-order valence-corrected chi connectivity index (χ3v) is 4.37. The second-order valence-corrected chi connectivity index (χ2v) is 7.56. The zero-order valence-corrected chi connectivity index (χ0v) is 15.7. The van der Waals surface area contributed by atoms with E-state index in [1.54, 1.807) is 4.90 Å². The Morgan fingerprint density at radius 3 is 2.46 bits per heavy atom. The summed E-state index contributed by atoms with van der Waals surface area (Å²) in [5, 5.41) is 11.5. The van der Waals surface area contributed by atoms with E-state index in [2.05, 4.69) is 20.5 Å². The highest BCUT2D eigenvalue weighted by molar-refractivity contribution is 5.82. The molecule has 3 aromatic rings. The van der Waals surface area contributed by atoms with Gasteiger partial charge in [0, 0.05) is 38.3 Å². The largest absolute Gasteiger partial charge is 0.444 e. The van der Waals surface area contributed by atoms with E-state index in [1.165, 1.54) is 4.52 Å². The maximum Gasteiger partial charge on any atom is 0.410 e. The number of halogens is 2. The predicted molar refractivity (Wildman–Crippen MR) is 96.0 cm³/mol. The molecule has 0 radical (unpaired) electrons. The molecule has 4 rings (SSSR count). The van der Waals surface area contributed by atoms with Crippen LogP contribution in [0.5, 0.6) is 0 Å². The molecule has 0 aliphatic carbocycles. The minimum atomic E-state index is -0.996. The van der Waals surface area contributed by atoms with Crippen molar-refractivity contribution in [3.05, 3.63) is 23.8 Å². The highest BCUT2D eigenvalue weighted by Crippen LogP contribution is 2.25. The molecule has 0 bridgehead atoms. The molecule has 1 fully saturated rings. The lowest BCUT2D eigenvalue weighted by Gasteiger charge is -2.36. The van der Waals surface area contributed by atoms with Crippen molar-refractivity contribution in [3.8, 4) is 0 Å². The van der Waals surface area contributed by atoms with Crippen LogP contribution in [0.4, 0.5) is 19.4 Å². The molecule has 2 aromatic heterocycles. The van der Waals surface area contributed by atoms with Gasteiger partial charge in [-0.15, -0.1) is 5.10 Å². The van der Waals surface area contributed by atoms with Crippen molar-refractivity contribution in [2.75, 3.05) is 31.1 Å². The first kappa shape index (κ1) is 18.3. The van der Waals surface area contributed by atoms with Crippen LogP contribution in [0.25, 0.3) is 16.7 Å². The number of piperazine rings is 1. The van der Waals surface area contributed by atoms with Crippen LogP contribution < -0.4 is 4.90 Å². The summed E-state index contributed by atoms with van der Waals surface area (Å²) in [6, 6.07) is 2.04. The minimum Gasteiger partial charge on any atom is -0.444 e. The molecule has 1 aliphatic rings. The van der Waals surface area contributed by atoms with Gasteiger partial charge in [-0.3, -0.25) is 0 Å². The number of aromatic nitrogens is 5. The summed E-state index contributed by atoms with van der Waals surface area (Å²) in [6.07, 6.45) is -0.370. The number of fused-ring (bicyclic) bond motifs is 3. The quantitative estimate of drug-likeness (QED) is 0.627. The van der Waals surface area contributed by atoms with Crippen LogP contribution in [-0.4, -0.2) is 67.8 Å². The Morgan fingerprint density at radius 2 is 1.79 bits per heavy atom. The lowest BCUT2D eigenvalue weighted by molar-refractivity contribution is 0.0240. The summed E-state index contributed by atoms with van der Waals surface area (Å²) in [6.45, 7) is 7.26. The number of hydrogen-bond acceptors (Lipinski definition) is 7. The number of nitrogens with zero attached hydrogens (tertiary/aromatic N) is 7. The van der Waals surface area contributed by atoms with Gasteiger partial charge in [0.15, 0.2) is 17.5 Å². The van der Waals surface area contributed by atoms with Crippen molar-refractivity contribution >= 4 is 28.6 Å². The van der Waals surface area contributed by atoms with Crippen LogP contribution in [0.15, 0.2) is 12.1 Å². The zero-order chi connectivity index (χ0) is 20.1. The molecular weight excluding hydrogens is 372 g/mol. The van der Waals surface area contributed by atoms with E-state index in [-0.39, 0.29) is 17.1 Å². The molecular formula is C17H19F2N7O2. The molecule has 9 nitrogen and oxygen atoms in total. The molecule has 0 saturated carbocycles. The van der Waals surface area contributed by atoms with Crippen molar-refractivity contribution in [2.45, 2.75) is 26.4 Å². The lowest BCUT2D eigenvalue weighted by atomic mass is 10.2. The Labute approximate surface area is 158 Å². The average molecular weight is 391 g/mol. The van der Waals surface area contributed by atoms with Crippen LogP contribution >= 0.6 is 0 Å². The smallest absolute Gasteiger partial charge is 0.410 e. The number of amides is 1. The van der Waals surface area contributed by atoms with Crippen LogP contribution in [0, 0.1) is 11.6 Å². The fraction of sp³-hybridized carbons (Fsp3) is 0.471. The molecule has 0 atom stereocenters. The van der Waals surface area contributed by atoms with Gasteiger partial charge in [-0.05, 0) is 31.2 Å². The van der Waals surface area contributed by atoms with Crippen LogP contribution in [0.3, 0.4) is 0 Å². The molecule has 0 spiro atoms. The van der Waals surface area contributed by atoms with E-state index in [0.29, 0.717) is 37.6 Å². The molecule has 28 heavy (non-hydrogen) atoms. The number of ether oxygens (including phenoxy) is 1. The standard InChI is InChI=1S/C17H19F2N7O2/c1-17(2,3)28-16(27)25-6-4-24(5-7-25)14-15-21-22-23-26(15)13-9-11(19)10(18)8-12(13)20-14/h8-9H,4-7H2,1-3H3. The van der Waals surface area contributed by atoms with Crippen molar-refractivity contribution in [3.63, 3.8) is 0 Å². The number of rotatable bonds is 1. The van der Waals surface area contributed by atoms with Gasteiger partial charge >= 0.3 is 6.09 Å². The molecule has 148 valence electrons. The highest BCUT2D eigenvalue weighted by atomic mass is 19.2. The molecule has 1 aliphatic heterocycles. The normalized spacial score (nSPS) is 15.5. The predicted octanol–water partition coefficient (Wildman–Crippen LogP) is 2.01.